The number of piperazine rings is 1. The predicted molar refractivity (Wildman–Crippen MR) is 111 cm³/mol. The Morgan fingerprint density at radius 2 is 1.68 bits per heavy atom. The molecule has 0 aliphatic carbocycles. The molecule has 1 aliphatic heterocycles. The molecule has 0 radical (unpaired) electrons. The maximum atomic E-state index is 11.9. The van der Waals surface area contributed by atoms with Gasteiger partial charge in [0.2, 0.25) is 10.0 Å². The first-order valence-corrected chi connectivity index (χ1v) is 10.6. The number of methoxy groups -OCH3 is 1. The van der Waals surface area contributed by atoms with Gasteiger partial charge in [0.1, 0.15) is 16.5 Å². The largest absolute Gasteiger partial charge is 0.497 e. The van der Waals surface area contributed by atoms with Gasteiger partial charge in [-0.15, -0.1) is 0 Å². The topological polar surface area (TPSA) is 88.8 Å². The van der Waals surface area contributed by atoms with E-state index in [0.717, 1.165) is 35.6 Å². The van der Waals surface area contributed by atoms with Crippen molar-refractivity contribution >= 4 is 32.4 Å². The molecule has 0 atom stereocenters. The van der Waals surface area contributed by atoms with E-state index < -0.39 is 10.0 Å². The molecule has 7 nitrogen and oxygen atoms in total. The zero-order valence-electron chi connectivity index (χ0n) is 15.6. The summed E-state index contributed by atoms with van der Waals surface area (Å²) < 4.78 is 29.0. The zero-order valence-corrected chi connectivity index (χ0v) is 16.4. The van der Waals surface area contributed by atoms with E-state index in [0.29, 0.717) is 18.8 Å². The van der Waals surface area contributed by atoms with Crippen molar-refractivity contribution in [1.29, 1.82) is 0 Å². The number of fused-ring (bicyclic) bond motifs is 1. The van der Waals surface area contributed by atoms with Gasteiger partial charge in [-0.2, -0.15) is 0 Å². The van der Waals surface area contributed by atoms with Gasteiger partial charge in [0.25, 0.3) is 0 Å². The number of hydrogen-bond donors (Lipinski definition) is 1. The molecule has 1 saturated heterocycles. The Morgan fingerprint density at radius 3 is 2.39 bits per heavy atom. The van der Waals surface area contributed by atoms with Crippen LogP contribution in [0, 0.1) is 0 Å². The number of benzene rings is 2. The lowest BCUT2D eigenvalue weighted by Crippen LogP contribution is -2.47. The molecule has 28 heavy (non-hydrogen) atoms. The van der Waals surface area contributed by atoms with E-state index in [4.69, 9.17) is 14.9 Å². The van der Waals surface area contributed by atoms with Crippen molar-refractivity contribution in [1.82, 2.24) is 4.98 Å². The fraction of sp³-hybridized carbons (Fsp3) is 0.250. The molecule has 4 rings (SSSR count). The van der Waals surface area contributed by atoms with Crippen LogP contribution < -0.4 is 19.7 Å². The van der Waals surface area contributed by atoms with Crippen LogP contribution in [0.25, 0.3) is 10.9 Å². The highest BCUT2D eigenvalue weighted by Crippen LogP contribution is 2.27. The summed E-state index contributed by atoms with van der Waals surface area (Å²) in [5.41, 5.74) is 1.57. The maximum Gasteiger partial charge on any atom is 0.240 e. The summed E-state index contributed by atoms with van der Waals surface area (Å²) >= 11 is 0. The summed E-state index contributed by atoms with van der Waals surface area (Å²) in [4.78, 5) is 9.20. The number of aromatic nitrogens is 1. The number of ether oxygens (including phenoxy) is 1. The molecule has 3 aromatic rings. The van der Waals surface area contributed by atoms with Crippen molar-refractivity contribution < 1.29 is 13.2 Å². The molecule has 0 spiro atoms. The first kappa shape index (κ1) is 18.5. The number of para-hydroxylation sites is 1. The Morgan fingerprint density at radius 1 is 0.964 bits per heavy atom. The van der Waals surface area contributed by atoms with E-state index >= 15 is 0 Å². The summed E-state index contributed by atoms with van der Waals surface area (Å²) in [7, 11) is -2.11. The average Bonchev–Trinajstić information content (AvgIpc) is 2.72. The van der Waals surface area contributed by atoms with Gasteiger partial charge in [-0.1, -0.05) is 12.1 Å². The van der Waals surface area contributed by atoms with E-state index in [9.17, 15) is 8.42 Å². The SMILES string of the molecule is COc1ccc2nc(N3CCN(c4ccccc4S(N)(=O)=O)CC3)ccc2c1. The van der Waals surface area contributed by atoms with E-state index in [1.807, 2.05) is 36.4 Å². The van der Waals surface area contributed by atoms with Gasteiger partial charge >= 0.3 is 0 Å². The first-order valence-electron chi connectivity index (χ1n) is 9.02. The molecule has 8 heteroatoms. The molecule has 1 aromatic heterocycles. The van der Waals surface area contributed by atoms with Crippen LogP contribution in [0.1, 0.15) is 0 Å². The highest BCUT2D eigenvalue weighted by atomic mass is 32.2. The summed E-state index contributed by atoms with van der Waals surface area (Å²) in [6.07, 6.45) is 0. The van der Waals surface area contributed by atoms with Gasteiger partial charge in [0.15, 0.2) is 0 Å². The highest BCUT2D eigenvalue weighted by molar-refractivity contribution is 7.89. The minimum Gasteiger partial charge on any atom is -0.497 e. The first-order chi connectivity index (χ1) is 13.5. The predicted octanol–water partition coefficient (Wildman–Crippen LogP) is 2.22. The van der Waals surface area contributed by atoms with Crippen molar-refractivity contribution in [2.24, 2.45) is 5.14 Å². The van der Waals surface area contributed by atoms with Crippen molar-refractivity contribution in [3.05, 3.63) is 54.6 Å². The van der Waals surface area contributed by atoms with Crippen LogP contribution in [0.5, 0.6) is 5.75 Å². The highest BCUT2D eigenvalue weighted by Gasteiger charge is 2.23. The standard InChI is InChI=1S/C20H22N4O3S/c1-27-16-7-8-17-15(14-16)6-9-20(22-17)24-12-10-23(11-13-24)18-4-2-3-5-19(18)28(21,25)26/h2-9,14H,10-13H2,1H3,(H2,21,25,26). The quantitative estimate of drug-likeness (QED) is 0.725. The monoisotopic (exact) mass is 398 g/mol. The van der Waals surface area contributed by atoms with Crippen LogP contribution in [-0.2, 0) is 10.0 Å². The fourth-order valence-electron chi connectivity index (χ4n) is 3.53. The van der Waals surface area contributed by atoms with Crippen LogP contribution in [0.3, 0.4) is 0 Å². The van der Waals surface area contributed by atoms with Crippen LogP contribution in [-0.4, -0.2) is 46.7 Å². The minimum absolute atomic E-state index is 0.168. The Balaban J connectivity index is 1.53. The van der Waals surface area contributed by atoms with Crippen LogP contribution >= 0.6 is 0 Å². The third kappa shape index (κ3) is 3.61. The summed E-state index contributed by atoms with van der Waals surface area (Å²) in [5, 5.41) is 6.40. The lowest BCUT2D eigenvalue weighted by atomic mass is 10.2. The van der Waals surface area contributed by atoms with E-state index in [1.165, 1.54) is 0 Å². The number of hydrogen-bond acceptors (Lipinski definition) is 6. The Kier molecular flexibility index (Phi) is 4.82. The second-order valence-electron chi connectivity index (χ2n) is 6.71. The lowest BCUT2D eigenvalue weighted by Gasteiger charge is -2.37. The maximum absolute atomic E-state index is 11.9. The van der Waals surface area contributed by atoms with Crippen LogP contribution in [0.2, 0.25) is 0 Å². The average molecular weight is 398 g/mol. The third-order valence-electron chi connectivity index (χ3n) is 5.00. The number of sulfonamides is 1. The molecule has 1 aliphatic rings. The lowest BCUT2D eigenvalue weighted by molar-refractivity contribution is 0.415. The number of pyridine rings is 1. The molecule has 0 bridgehead atoms. The molecule has 1 fully saturated rings. The summed E-state index contributed by atoms with van der Waals surface area (Å²) in [5.74, 6) is 1.72. The van der Waals surface area contributed by atoms with Crippen molar-refractivity contribution in [3.8, 4) is 5.75 Å². The molecule has 0 amide bonds. The Labute approximate surface area is 164 Å². The molecular formula is C20H22N4O3S. The Hall–Kier alpha value is -2.84. The third-order valence-corrected chi connectivity index (χ3v) is 5.96. The minimum atomic E-state index is -3.76. The van der Waals surface area contributed by atoms with E-state index in [1.54, 1.807) is 25.3 Å². The number of anilines is 2. The normalized spacial score (nSPS) is 15.1. The second-order valence-corrected chi connectivity index (χ2v) is 8.24. The Bertz CT molecular complexity index is 1110. The van der Waals surface area contributed by atoms with Gasteiger partial charge in [0, 0.05) is 31.6 Å². The van der Waals surface area contributed by atoms with Crippen molar-refractivity contribution in [3.63, 3.8) is 0 Å². The molecule has 2 aromatic carbocycles. The zero-order chi connectivity index (χ0) is 19.7. The molecule has 2 heterocycles. The van der Waals surface area contributed by atoms with Gasteiger partial charge in [-0.3, -0.25) is 0 Å². The molecular weight excluding hydrogens is 376 g/mol. The van der Waals surface area contributed by atoms with E-state index in [2.05, 4.69) is 9.80 Å². The van der Waals surface area contributed by atoms with Crippen molar-refractivity contribution in [2.45, 2.75) is 4.90 Å². The second kappa shape index (κ2) is 7.29. The summed E-state index contributed by atoms with van der Waals surface area (Å²) in [6.45, 7) is 2.87. The van der Waals surface area contributed by atoms with Gasteiger partial charge < -0.3 is 14.5 Å². The molecule has 0 unspecified atom stereocenters. The number of rotatable bonds is 4. The number of nitrogens with two attached hydrogens (primary N) is 1. The summed E-state index contributed by atoms with van der Waals surface area (Å²) in [6, 6.07) is 16.8. The molecule has 0 saturated carbocycles. The smallest absolute Gasteiger partial charge is 0.240 e. The van der Waals surface area contributed by atoms with Crippen LogP contribution in [0.15, 0.2) is 59.5 Å². The van der Waals surface area contributed by atoms with Crippen molar-refractivity contribution in [2.75, 3.05) is 43.1 Å². The fourth-order valence-corrected chi connectivity index (χ4v) is 4.29. The number of nitrogens with zero attached hydrogens (tertiary/aromatic N) is 3. The van der Waals surface area contributed by atoms with Gasteiger partial charge in [0.05, 0.1) is 18.3 Å². The molecule has 146 valence electrons. The number of primary sulfonamides is 1. The van der Waals surface area contributed by atoms with Gasteiger partial charge in [-0.05, 0) is 42.5 Å². The van der Waals surface area contributed by atoms with Gasteiger partial charge in [-0.25, -0.2) is 18.5 Å². The molecule has 2 N–H and O–H groups in total. The van der Waals surface area contributed by atoms with E-state index in [-0.39, 0.29) is 4.90 Å². The van der Waals surface area contributed by atoms with Crippen LogP contribution in [0.4, 0.5) is 11.5 Å².